The van der Waals surface area contributed by atoms with Crippen LogP contribution in [0.1, 0.15) is 9.80 Å². The highest BCUT2D eigenvalue weighted by Crippen LogP contribution is 2.22. The van der Waals surface area contributed by atoms with Gasteiger partial charge in [-0.1, -0.05) is 35.1 Å². The van der Waals surface area contributed by atoms with E-state index in [1.807, 2.05) is 0 Å². The van der Waals surface area contributed by atoms with Gasteiger partial charge in [0.05, 0.1) is 10.7 Å². The Labute approximate surface area is 107 Å². The van der Waals surface area contributed by atoms with Crippen molar-refractivity contribution in [1.29, 1.82) is 0 Å². The van der Waals surface area contributed by atoms with Crippen molar-refractivity contribution < 1.29 is 4.79 Å². The number of nitrogens with zero attached hydrogens (tertiary/aromatic N) is 2. The summed E-state index contributed by atoms with van der Waals surface area (Å²) in [5, 5.41) is 14.4. The maximum Gasteiger partial charge on any atom is 0.286 e. The van der Waals surface area contributed by atoms with Crippen molar-refractivity contribution in [3.05, 3.63) is 34.3 Å². The van der Waals surface area contributed by atoms with Gasteiger partial charge < -0.3 is 10.6 Å². The van der Waals surface area contributed by atoms with E-state index in [9.17, 15) is 4.79 Å². The van der Waals surface area contributed by atoms with E-state index in [1.54, 1.807) is 31.3 Å². The summed E-state index contributed by atoms with van der Waals surface area (Å²) in [6, 6.07) is 7.01. The number of nitrogens with one attached hydrogen (secondary N) is 2. The lowest BCUT2D eigenvalue weighted by Gasteiger charge is -2.03. The lowest BCUT2D eigenvalue weighted by atomic mass is 10.3. The molecular weight excluding hydrogens is 260 g/mol. The number of carbonyl (C=O) groups is 1. The number of halogens is 1. The van der Waals surface area contributed by atoms with Gasteiger partial charge in [0.1, 0.15) is 0 Å². The second kappa shape index (κ2) is 5.11. The van der Waals surface area contributed by atoms with Crippen LogP contribution < -0.4 is 10.6 Å². The van der Waals surface area contributed by atoms with E-state index >= 15 is 0 Å². The van der Waals surface area contributed by atoms with Gasteiger partial charge in [0.2, 0.25) is 10.1 Å². The van der Waals surface area contributed by atoms with Crippen molar-refractivity contribution in [2.24, 2.45) is 0 Å². The molecule has 7 heteroatoms. The number of rotatable bonds is 3. The van der Waals surface area contributed by atoms with Crippen LogP contribution in [0.5, 0.6) is 0 Å². The molecule has 0 saturated heterocycles. The topological polar surface area (TPSA) is 66.9 Å². The second-order valence-corrected chi connectivity index (χ2v) is 4.48. The summed E-state index contributed by atoms with van der Waals surface area (Å²) in [6.45, 7) is 0. The SMILES string of the molecule is CNc1nnc(C(=O)Nc2ccccc2Cl)s1. The fraction of sp³-hybridized carbons (Fsp3) is 0.100. The minimum Gasteiger partial charge on any atom is -0.363 e. The van der Waals surface area contributed by atoms with E-state index in [0.29, 0.717) is 15.8 Å². The highest BCUT2D eigenvalue weighted by atomic mass is 35.5. The zero-order valence-electron chi connectivity index (χ0n) is 8.90. The Morgan fingerprint density at radius 3 is 2.76 bits per heavy atom. The van der Waals surface area contributed by atoms with Crippen LogP contribution >= 0.6 is 22.9 Å². The second-order valence-electron chi connectivity index (χ2n) is 3.10. The van der Waals surface area contributed by atoms with Gasteiger partial charge in [0.25, 0.3) is 5.91 Å². The average molecular weight is 269 g/mol. The van der Waals surface area contributed by atoms with Crippen molar-refractivity contribution in [3.63, 3.8) is 0 Å². The van der Waals surface area contributed by atoms with E-state index < -0.39 is 0 Å². The number of amides is 1. The average Bonchev–Trinajstić information content (AvgIpc) is 2.81. The molecule has 2 rings (SSSR count). The van der Waals surface area contributed by atoms with E-state index in [4.69, 9.17) is 11.6 Å². The molecule has 0 spiro atoms. The zero-order valence-corrected chi connectivity index (χ0v) is 10.5. The van der Waals surface area contributed by atoms with Gasteiger partial charge in [0, 0.05) is 7.05 Å². The van der Waals surface area contributed by atoms with Gasteiger partial charge in [0.15, 0.2) is 0 Å². The maximum absolute atomic E-state index is 11.8. The van der Waals surface area contributed by atoms with Gasteiger partial charge in [-0.2, -0.15) is 0 Å². The first kappa shape index (κ1) is 11.8. The summed E-state index contributed by atoms with van der Waals surface area (Å²) in [5.74, 6) is -0.322. The summed E-state index contributed by atoms with van der Waals surface area (Å²) in [5.41, 5.74) is 0.556. The Kier molecular flexibility index (Phi) is 3.55. The van der Waals surface area contributed by atoms with E-state index in [-0.39, 0.29) is 10.9 Å². The first-order chi connectivity index (χ1) is 8.20. The van der Waals surface area contributed by atoms with Gasteiger partial charge >= 0.3 is 0 Å². The summed E-state index contributed by atoms with van der Waals surface area (Å²) in [7, 11) is 1.72. The van der Waals surface area contributed by atoms with Crippen LogP contribution in [0.3, 0.4) is 0 Å². The monoisotopic (exact) mass is 268 g/mol. The van der Waals surface area contributed by atoms with Crippen molar-refractivity contribution >= 4 is 39.7 Å². The van der Waals surface area contributed by atoms with Crippen LogP contribution in [0, 0.1) is 0 Å². The normalized spacial score (nSPS) is 10.0. The van der Waals surface area contributed by atoms with Crippen LogP contribution in [-0.2, 0) is 0 Å². The summed E-state index contributed by atoms with van der Waals surface area (Å²) < 4.78 is 0. The van der Waals surface area contributed by atoms with Crippen molar-refractivity contribution in [1.82, 2.24) is 10.2 Å². The molecule has 1 aromatic carbocycles. The molecule has 0 unspecified atom stereocenters. The number of carbonyl (C=O) groups excluding carboxylic acids is 1. The lowest BCUT2D eigenvalue weighted by Crippen LogP contribution is -2.11. The lowest BCUT2D eigenvalue weighted by molar-refractivity contribution is 0.102. The highest BCUT2D eigenvalue weighted by Gasteiger charge is 2.13. The van der Waals surface area contributed by atoms with E-state index in [1.165, 1.54) is 11.3 Å². The van der Waals surface area contributed by atoms with Crippen LogP contribution in [-0.4, -0.2) is 23.2 Å². The molecule has 0 aliphatic rings. The molecule has 0 fully saturated rings. The van der Waals surface area contributed by atoms with Gasteiger partial charge in [-0.05, 0) is 12.1 Å². The number of hydrogen-bond donors (Lipinski definition) is 2. The molecule has 2 aromatic rings. The predicted octanol–water partition coefficient (Wildman–Crippen LogP) is 2.49. The first-order valence-corrected chi connectivity index (χ1v) is 5.97. The van der Waals surface area contributed by atoms with Crippen LogP contribution in [0.2, 0.25) is 5.02 Å². The maximum atomic E-state index is 11.8. The van der Waals surface area contributed by atoms with Crippen LogP contribution in [0.15, 0.2) is 24.3 Å². The molecule has 2 N–H and O–H groups in total. The van der Waals surface area contributed by atoms with Crippen molar-refractivity contribution in [2.45, 2.75) is 0 Å². The van der Waals surface area contributed by atoms with Crippen molar-refractivity contribution in [2.75, 3.05) is 17.7 Å². The molecular formula is C10H9ClN4OS. The number of para-hydroxylation sites is 1. The van der Waals surface area contributed by atoms with E-state index in [2.05, 4.69) is 20.8 Å². The summed E-state index contributed by atoms with van der Waals surface area (Å²) in [6.07, 6.45) is 0. The fourth-order valence-corrected chi connectivity index (χ4v) is 1.93. The van der Waals surface area contributed by atoms with Gasteiger partial charge in [-0.15, -0.1) is 10.2 Å². The van der Waals surface area contributed by atoms with E-state index in [0.717, 1.165) is 0 Å². The molecule has 1 aromatic heterocycles. The summed E-state index contributed by atoms with van der Waals surface area (Å²) in [4.78, 5) is 11.8. The van der Waals surface area contributed by atoms with Crippen molar-refractivity contribution in [3.8, 4) is 0 Å². The number of aromatic nitrogens is 2. The molecule has 1 amide bonds. The minimum atomic E-state index is -0.322. The predicted molar refractivity (Wildman–Crippen MR) is 68.9 cm³/mol. The first-order valence-electron chi connectivity index (χ1n) is 4.78. The number of benzene rings is 1. The fourth-order valence-electron chi connectivity index (χ4n) is 1.15. The molecule has 0 atom stereocenters. The molecule has 0 saturated carbocycles. The molecule has 5 nitrogen and oxygen atoms in total. The Bertz CT molecular complexity index is 543. The third-order valence-electron chi connectivity index (χ3n) is 1.96. The molecule has 0 aliphatic heterocycles. The molecule has 0 radical (unpaired) electrons. The third kappa shape index (κ3) is 2.72. The minimum absolute atomic E-state index is 0.286. The molecule has 17 heavy (non-hydrogen) atoms. The quantitative estimate of drug-likeness (QED) is 0.897. The van der Waals surface area contributed by atoms with Crippen LogP contribution in [0.4, 0.5) is 10.8 Å². The molecule has 1 heterocycles. The summed E-state index contributed by atoms with van der Waals surface area (Å²) >= 11 is 7.11. The largest absolute Gasteiger partial charge is 0.363 e. The van der Waals surface area contributed by atoms with Gasteiger partial charge in [-0.3, -0.25) is 4.79 Å². The number of anilines is 2. The Morgan fingerprint density at radius 1 is 1.35 bits per heavy atom. The van der Waals surface area contributed by atoms with Gasteiger partial charge in [-0.25, -0.2) is 0 Å². The van der Waals surface area contributed by atoms with Crippen LogP contribution in [0.25, 0.3) is 0 Å². The third-order valence-corrected chi connectivity index (χ3v) is 3.22. The molecule has 88 valence electrons. The number of hydrogen-bond acceptors (Lipinski definition) is 5. The highest BCUT2D eigenvalue weighted by molar-refractivity contribution is 7.17. The molecule has 0 bridgehead atoms. The zero-order chi connectivity index (χ0) is 12.3. The standard InChI is InChI=1S/C10H9ClN4OS/c1-12-10-15-14-9(17-10)8(16)13-7-5-3-2-4-6(7)11/h2-5H,1H3,(H,12,15)(H,13,16). The Balaban J connectivity index is 2.14. The Morgan fingerprint density at radius 2 is 2.12 bits per heavy atom. The smallest absolute Gasteiger partial charge is 0.286 e. The Hall–Kier alpha value is -1.66. The molecule has 0 aliphatic carbocycles.